The van der Waals surface area contributed by atoms with E-state index in [1.807, 2.05) is 0 Å². The monoisotopic (exact) mass is 288 g/mol. The molecule has 1 saturated carbocycles. The molecule has 1 fully saturated rings. The van der Waals surface area contributed by atoms with Gasteiger partial charge in [0, 0.05) is 11.7 Å². The van der Waals surface area contributed by atoms with Crippen molar-refractivity contribution < 1.29 is 9.90 Å². The fraction of sp³-hybridized carbons (Fsp3) is 0.417. The minimum atomic E-state index is -0.186. The van der Waals surface area contributed by atoms with Crippen molar-refractivity contribution in [2.45, 2.75) is 25.3 Å². The van der Waals surface area contributed by atoms with Crippen molar-refractivity contribution in [3.63, 3.8) is 0 Å². The number of hydrogen-bond donors (Lipinski definition) is 3. The zero-order chi connectivity index (χ0) is 13.3. The van der Waals surface area contributed by atoms with E-state index < -0.39 is 0 Å². The number of hydrogen-bond acceptors (Lipinski definition) is 3. The van der Waals surface area contributed by atoms with Crippen molar-refractivity contribution in [2.24, 2.45) is 11.7 Å². The van der Waals surface area contributed by atoms with E-state index in [1.54, 1.807) is 0 Å². The van der Waals surface area contributed by atoms with Gasteiger partial charge in [-0.25, -0.2) is 0 Å². The fourth-order valence-corrected chi connectivity index (χ4v) is 2.67. The van der Waals surface area contributed by atoms with Crippen LogP contribution in [0.1, 0.15) is 19.3 Å². The first kappa shape index (κ1) is 13.5. The summed E-state index contributed by atoms with van der Waals surface area (Å²) in [5, 5.41) is 12.4. The van der Waals surface area contributed by atoms with E-state index in [9.17, 15) is 9.90 Å². The van der Waals surface area contributed by atoms with Gasteiger partial charge in [0.2, 0.25) is 5.91 Å². The maximum absolute atomic E-state index is 12.0. The molecular weight excluding hydrogens is 275 g/mol. The number of rotatable bonds is 2. The summed E-state index contributed by atoms with van der Waals surface area (Å²) in [7, 11) is 0. The van der Waals surface area contributed by atoms with Gasteiger partial charge in [-0.05, 0) is 25.0 Å². The molecule has 2 unspecified atom stereocenters. The van der Waals surface area contributed by atoms with Crippen LogP contribution in [0.15, 0.2) is 12.1 Å². The van der Waals surface area contributed by atoms with Crippen LogP contribution < -0.4 is 11.1 Å². The summed E-state index contributed by atoms with van der Waals surface area (Å²) in [5.74, 6) is -0.483. The molecule has 0 radical (unpaired) electrons. The highest BCUT2D eigenvalue weighted by atomic mass is 35.5. The molecule has 2 rings (SSSR count). The smallest absolute Gasteiger partial charge is 0.229 e. The predicted octanol–water partition coefficient (Wildman–Crippen LogP) is 2.76. The summed E-state index contributed by atoms with van der Waals surface area (Å²) in [6.07, 6.45) is 2.64. The maximum Gasteiger partial charge on any atom is 0.229 e. The highest BCUT2D eigenvalue weighted by Crippen LogP contribution is 2.35. The first-order valence-electron chi connectivity index (χ1n) is 5.73. The van der Waals surface area contributed by atoms with Gasteiger partial charge in [0.05, 0.1) is 16.0 Å². The number of carbonyl (C=O) groups is 1. The topological polar surface area (TPSA) is 75.4 Å². The average Bonchev–Trinajstić information content (AvgIpc) is 2.72. The van der Waals surface area contributed by atoms with Gasteiger partial charge in [0.1, 0.15) is 0 Å². The summed E-state index contributed by atoms with van der Waals surface area (Å²) in [4.78, 5) is 12.0. The van der Waals surface area contributed by atoms with E-state index in [4.69, 9.17) is 28.9 Å². The molecule has 0 aromatic heterocycles. The van der Waals surface area contributed by atoms with Crippen molar-refractivity contribution in [3.8, 4) is 5.75 Å². The Morgan fingerprint density at radius 1 is 1.33 bits per heavy atom. The molecule has 2 atom stereocenters. The molecule has 1 amide bonds. The molecule has 4 N–H and O–H groups in total. The zero-order valence-electron chi connectivity index (χ0n) is 9.62. The first-order valence-corrected chi connectivity index (χ1v) is 6.49. The first-order chi connectivity index (χ1) is 8.49. The second-order valence-corrected chi connectivity index (χ2v) is 5.29. The van der Waals surface area contributed by atoms with Crippen LogP contribution in [0.3, 0.4) is 0 Å². The standard InChI is InChI=1S/C12H14Cl2N2O2/c13-8-4-6(5-9(14)11(8)17)16-12(18)7-2-1-3-10(7)15/h4-5,7,10,17H,1-3,15H2,(H,16,18). The molecule has 0 aliphatic heterocycles. The summed E-state index contributed by atoms with van der Waals surface area (Å²) in [5.41, 5.74) is 6.33. The van der Waals surface area contributed by atoms with E-state index >= 15 is 0 Å². The van der Waals surface area contributed by atoms with Crippen LogP contribution in [0.5, 0.6) is 5.75 Å². The van der Waals surface area contributed by atoms with Gasteiger partial charge in [0.25, 0.3) is 0 Å². The van der Waals surface area contributed by atoms with Crippen LogP contribution in [0, 0.1) is 5.92 Å². The normalized spacial score (nSPS) is 23.1. The number of aromatic hydroxyl groups is 1. The molecule has 0 heterocycles. The molecule has 6 heteroatoms. The molecular formula is C12H14Cl2N2O2. The van der Waals surface area contributed by atoms with E-state index in [-0.39, 0.29) is 33.7 Å². The number of amides is 1. The van der Waals surface area contributed by atoms with Crippen LogP contribution in [0.2, 0.25) is 10.0 Å². The summed E-state index contributed by atoms with van der Waals surface area (Å²) in [6, 6.07) is 2.83. The Balaban J connectivity index is 2.12. The number of anilines is 1. The van der Waals surface area contributed by atoms with Crippen molar-refractivity contribution in [1.82, 2.24) is 0 Å². The zero-order valence-corrected chi connectivity index (χ0v) is 11.1. The van der Waals surface area contributed by atoms with Crippen LogP contribution in [-0.4, -0.2) is 17.1 Å². The molecule has 1 aliphatic carbocycles. The van der Waals surface area contributed by atoms with Crippen LogP contribution >= 0.6 is 23.2 Å². The van der Waals surface area contributed by atoms with Gasteiger partial charge >= 0.3 is 0 Å². The largest absolute Gasteiger partial charge is 0.505 e. The summed E-state index contributed by atoms with van der Waals surface area (Å²) in [6.45, 7) is 0. The SMILES string of the molecule is NC1CCCC1C(=O)Nc1cc(Cl)c(O)c(Cl)c1. The molecule has 4 nitrogen and oxygen atoms in total. The van der Waals surface area contributed by atoms with Gasteiger partial charge in [0.15, 0.2) is 5.75 Å². The van der Waals surface area contributed by atoms with Crippen LogP contribution in [-0.2, 0) is 4.79 Å². The minimum Gasteiger partial charge on any atom is -0.505 e. The molecule has 0 saturated heterocycles. The van der Waals surface area contributed by atoms with Crippen molar-refractivity contribution in [3.05, 3.63) is 22.2 Å². The van der Waals surface area contributed by atoms with Crippen molar-refractivity contribution >= 4 is 34.8 Å². The lowest BCUT2D eigenvalue weighted by molar-refractivity contribution is -0.120. The van der Waals surface area contributed by atoms with Gasteiger partial charge in [-0.1, -0.05) is 29.6 Å². The summed E-state index contributed by atoms with van der Waals surface area (Å²) >= 11 is 11.6. The minimum absolute atomic E-state index is 0.0898. The molecule has 1 aliphatic rings. The van der Waals surface area contributed by atoms with Crippen LogP contribution in [0.25, 0.3) is 0 Å². The highest BCUT2D eigenvalue weighted by molar-refractivity contribution is 6.37. The second-order valence-electron chi connectivity index (χ2n) is 4.48. The number of nitrogens with one attached hydrogen (secondary N) is 1. The lowest BCUT2D eigenvalue weighted by Crippen LogP contribution is -2.34. The molecule has 1 aromatic rings. The number of phenolic OH excluding ortho intramolecular Hbond substituents is 1. The third-order valence-electron chi connectivity index (χ3n) is 3.19. The Labute approximate surface area is 115 Å². The molecule has 1 aromatic carbocycles. The molecule has 18 heavy (non-hydrogen) atoms. The summed E-state index contributed by atoms with van der Waals surface area (Å²) < 4.78 is 0. The number of halogens is 2. The maximum atomic E-state index is 12.0. The Hall–Kier alpha value is -0.970. The predicted molar refractivity (Wildman–Crippen MR) is 72.1 cm³/mol. The Kier molecular flexibility index (Phi) is 4.00. The lowest BCUT2D eigenvalue weighted by atomic mass is 10.0. The Bertz CT molecular complexity index is 456. The quantitative estimate of drug-likeness (QED) is 0.733. The molecule has 0 spiro atoms. The second kappa shape index (κ2) is 5.34. The van der Waals surface area contributed by atoms with Gasteiger partial charge in [-0.3, -0.25) is 4.79 Å². The molecule has 0 bridgehead atoms. The average molecular weight is 289 g/mol. The number of carbonyl (C=O) groups excluding carboxylic acids is 1. The number of phenols is 1. The molecule has 98 valence electrons. The van der Waals surface area contributed by atoms with Gasteiger partial charge < -0.3 is 16.2 Å². The Morgan fingerprint density at radius 3 is 2.44 bits per heavy atom. The van der Waals surface area contributed by atoms with Crippen molar-refractivity contribution in [1.29, 1.82) is 0 Å². The van der Waals surface area contributed by atoms with E-state index in [0.29, 0.717) is 5.69 Å². The van der Waals surface area contributed by atoms with Crippen molar-refractivity contribution in [2.75, 3.05) is 5.32 Å². The Morgan fingerprint density at radius 2 is 1.94 bits per heavy atom. The third kappa shape index (κ3) is 2.71. The van der Waals surface area contributed by atoms with E-state index in [2.05, 4.69) is 5.32 Å². The van der Waals surface area contributed by atoms with E-state index in [1.165, 1.54) is 12.1 Å². The van der Waals surface area contributed by atoms with Gasteiger partial charge in [-0.15, -0.1) is 0 Å². The number of benzene rings is 1. The van der Waals surface area contributed by atoms with E-state index in [0.717, 1.165) is 19.3 Å². The van der Waals surface area contributed by atoms with Gasteiger partial charge in [-0.2, -0.15) is 0 Å². The number of nitrogens with two attached hydrogens (primary N) is 1. The fourth-order valence-electron chi connectivity index (χ4n) is 2.19. The third-order valence-corrected chi connectivity index (χ3v) is 3.77. The van der Waals surface area contributed by atoms with Crippen LogP contribution in [0.4, 0.5) is 5.69 Å². The highest BCUT2D eigenvalue weighted by Gasteiger charge is 2.30. The lowest BCUT2D eigenvalue weighted by Gasteiger charge is -2.15.